The van der Waals surface area contributed by atoms with Gasteiger partial charge in [-0.1, -0.05) is 30.3 Å². The predicted octanol–water partition coefficient (Wildman–Crippen LogP) is 4.06. The molecule has 2 aromatic rings. The second-order valence-electron chi connectivity index (χ2n) is 5.83. The Morgan fingerprint density at radius 3 is 2.29 bits per heavy atom. The predicted molar refractivity (Wildman–Crippen MR) is 87.1 cm³/mol. The SMILES string of the molecule is CNCC(Cc1cccc(F)c1)Cc1c(C)cccc1C. The number of aryl methyl sites for hydroxylation is 2. The second kappa shape index (κ2) is 7.37. The van der Waals surface area contributed by atoms with Gasteiger partial charge >= 0.3 is 0 Å². The molecule has 0 saturated heterocycles. The maximum Gasteiger partial charge on any atom is 0.123 e. The first-order valence-electron chi connectivity index (χ1n) is 7.54. The Balaban J connectivity index is 2.16. The van der Waals surface area contributed by atoms with Gasteiger partial charge in [0, 0.05) is 0 Å². The zero-order valence-electron chi connectivity index (χ0n) is 13.1. The van der Waals surface area contributed by atoms with Gasteiger partial charge in [-0.05, 0) is 80.6 Å². The van der Waals surface area contributed by atoms with Crippen LogP contribution in [-0.2, 0) is 12.8 Å². The Kier molecular flexibility index (Phi) is 5.51. The highest BCUT2D eigenvalue weighted by Gasteiger charge is 2.13. The third kappa shape index (κ3) is 4.40. The van der Waals surface area contributed by atoms with Crippen molar-refractivity contribution in [1.29, 1.82) is 0 Å². The number of halogens is 1. The summed E-state index contributed by atoms with van der Waals surface area (Å²) in [6, 6.07) is 13.4. The third-order valence-electron chi connectivity index (χ3n) is 4.04. The van der Waals surface area contributed by atoms with Crippen LogP contribution in [0.2, 0.25) is 0 Å². The smallest absolute Gasteiger partial charge is 0.123 e. The molecule has 1 nitrogen and oxygen atoms in total. The van der Waals surface area contributed by atoms with E-state index in [-0.39, 0.29) is 5.82 Å². The van der Waals surface area contributed by atoms with E-state index >= 15 is 0 Å². The third-order valence-corrected chi connectivity index (χ3v) is 4.04. The minimum absolute atomic E-state index is 0.150. The van der Waals surface area contributed by atoms with Gasteiger partial charge in [0.05, 0.1) is 0 Å². The van der Waals surface area contributed by atoms with Crippen molar-refractivity contribution in [3.63, 3.8) is 0 Å². The molecule has 2 aromatic carbocycles. The topological polar surface area (TPSA) is 12.0 Å². The van der Waals surface area contributed by atoms with Gasteiger partial charge in [0.15, 0.2) is 0 Å². The molecule has 0 bridgehead atoms. The summed E-state index contributed by atoms with van der Waals surface area (Å²) in [6.45, 7) is 5.27. The molecule has 0 saturated carbocycles. The lowest BCUT2D eigenvalue weighted by atomic mass is 9.88. The maximum atomic E-state index is 13.3. The molecule has 0 spiro atoms. The monoisotopic (exact) mass is 285 g/mol. The summed E-state index contributed by atoms with van der Waals surface area (Å²) in [4.78, 5) is 0. The van der Waals surface area contributed by atoms with E-state index in [1.165, 1.54) is 22.8 Å². The summed E-state index contributed by atoms with van der Waals surface area (Å²) in [6.07, 6.45) is 1.92. The van der Waals surface area contributed by atoms with Gasteiger partial charge in [0.1, 0.15) is 5.82 Å². The molecule has 0 fully saturated rings. The zero-order valence-corrected chi connectivity index (χ0v) is 13.1. The normalized spacial score (nSPS) is 12.4. The average molecular weight is 285 g/mol. The van der Waals surface area contributed by atoms with Crippen LogP contribution in [0.5, 0.6) is 0 Å². The largest absolute Gasteiger partial charge is 0.319 e. The second-order valence-corrected chi connectivity index (χ2v) is 5.83. The fourth-order valence-electron chi connectivity index (χ4n) is 2.96. The molecule has 1 N–H and O–H groups in total. The summed E-state index contributed by atoms with van der Waals surface area (Å²) < 4.78 is 13.3. The van der Waals surface area contributed by atoms with Crippen LogP contribution < -0.4 is 5.32 Å². The van der Waals surface area contributed by atoms with Crippen LogP contribution in [0, 0.1) is 25.6 Å². The Hall–Kier alpha value is -1.67. The van der Waals surface area contributed by atoms with E-state index in [0.29, 0.717) is 5.92 Å². The lowest BCUT2D eigenvalue weighted by Gasteiger charge is -2.19. The van der Waals surface area contributed by atoms with Gasteiger partial charge in [-0.2, -0.15) is 0 Å². The van der Waals surface area contributed by atoms with Crippen molar-refractivity contribution >= 4 is 0 Å². The standard InChI is InChI=1S/C19H24FN/c1-14-6-4-7-15(2)19(14)12-17(13-21-3)10-16-8-5-9-18(20)11-16/h4-9,11,17,21H,10,12-13H2,1-3H3. The molecular formula is C19H24FN. The number of hydrogen-bond donors (Lipinski definition) is 1. The Bertz CT molecular complexity index is 572. The van der Waals surface area contributed by atoms with Crippen molar-refractivity contribution in [3.05, 3.63) is 70.5 Å². The van der Waals surface area contributed by atoms with Crippen LogP contribution in [-0.4, -0.2) is 13.6 Å². The molecule has 2 rings (SSSR count). The van der Waals surface area contributed by atoms with Crippen molar-refractivity contribution in [2.45, 2.75) is 26.7 Å². The van der Waals surface area contributed by atoms with E-state index < -0.39 is 0 Å². The van der Waals surface area contributed by atoms with Gasteiger partial charge in [-0.25, -0.2) is 4.39 Å². The Labute approximate surface area is 127 Å². The molecular weight excluding hydrogens is 261 g/mol. The first kappa shape index (κ1) is 15.7. The van der Waals surface area contributed by atoms with Crippen molar-refractivity contribution in [1.82, 2.24) is 5.32 Å². The molecule has 0 amide bonds. The average Bonchev–Trinajstić information content (AvgIpc) is 2.43. The van der Waals surface area contributed by atoms with Crippen LogP contribution in [0.25, 0.3) is 0 Å². The van der Waals surface area contributed by atoms with Gasteiger partial charge in [0.2, 0.25) is 0 Å². The molecule has 2 heteroatoms. The van der Waals surface area contributed by atoms with E-state index in [4.69, 9.17) is 0 Å². The summed E-state index contributed by atoms with van der Waals surface area (Å²) in [5, 5.41) is 3.27. The van der Waals surface area contributed by atoms with Crippen LogP contribution in [0.4, 0.5) is 4.39 Å². The molecule has 112 valence electrons. The van der Waals surface area contributed by atoms with Gasteiger partial charge in [-0.15, -0.1) is 0 Å². The highest BCUT2D eigenvalue weighted by molar-refractivity contribution is 5.34. The van der Waals surface area contributed by atoms with Gasteiger partial charge < -0.3 is 5.32 Å². The van der Waals surface area contributed by atoms with Crippen molar-refractivity contribution < 1.29 is 4.39 Å². The van der Waals surface area contributed by atoms with E-state index in [9.17, 15) is 4.39 Å². The fourth-order valence-corrected chi connectivity index (χ4v) is 2.96. The molecule has 0 heterocycles. The summed E-state index contributed by atoms with van der Waals surface area (Å²) in [5.74, 6) is 0.319. The molecule has 0 aliphatic rings. The molecule has 1 unspecified atom stereocenters. The summed E-state index contributed by atoms with van der Waals surface area (Å²) in [5.41, 5.74) is 5.18. The Morgan fingerprint density at radius 1 is 1.00 bits per heavy atom. The lowest BCUT2D eigenvalue weighted by molar-refractivity contribution is 0.490. The van der Waals surface area contributed by atoms with Crippen molar-refractivity contribution in [2.75, 3.05) is 13.6 Å². The van der Waals surface area contributed by atoms with E-state index in [0.717, 1.165) is 24.9 Å². The van der Waals surface area contributed by atoms with Crippen LogP contribution in [0.15, 0.2) is 42.5 Å². The molecule has 0 aliphatic heterocycles. The van der Waals surface area contributed by atoms with Crippen LogP contribution in [0.1, 0.15) is 22.3 Å². The molecule has 21 heavy (non-hydrogen) atoms. The van der Waals surface area contributed by atoms with Gasteiger partial charge in [0.25, 0.3) is 0 Å². The van der Waals surface area contributed by atoms with Crippen LogP contribution >= 0.6 is 0 Å². The van der Waals surface area contributed by atoms with E-state index in [1.807, 2.05) is 13.1 Å². The van der Waals surface area contributed by atoms with Crippen molar-refractivity contribution in [2.24, 2.45) is 5.92 Å². The highest BCUT2D eigenvalue weighted by atomic mass is 19.1. The van der Waals surface area contributed by atoms with E-state index in [1.54, 1.807) is 12.1 Å². The van der Waals surface area contributed by atoms with Crippen molar-refractivity contribution in [3.8, 4) is 0 Å². The van der Waals surface area contributed by atoms with Crippen LogP contribution in [0.3, 0.4) is 0 Å². The highest BCUT2D eigenvalue weighted by Crippen LogP contribution is 2.20. The summed E-state index contributed by atoms with van der Waals surface area (Å²) >= 11 is 0. The molecule has 1 atom stereocenters. The molecule has 0 aliphatic carbocycles. The molecule has 0 aromatic heterocycles. The zero-order chi connectivity index (χ0) is 15.2. The minimum atomic E-state index is -0.150. The number of rotatable bonds is 6. The molecule has 0 radical (unpaired) electrons. The van der Waals surface area contributed by atoms with Gasteiger partial charge in [-0.3, -0.25) is 0 Å². The minimum Gasteiger partial charge on any atom is -0.319 e. The fraction of sp³-hybridized carbons (Fsp3) is 0.368. The maximum absolute atomic E-state index is 13.3. The Morgan fingerprint density at radius 2 is 1.67 bits per heavy atom. The number of hydrogen-bond acceptors (Lipinski definition) is 1. The first-order valence-corrected chi connectivity index (χ1v) is 7.54. The van der Waals surface area contributed by atoms with E-state index in [2.05, 4.69) is 37.4 Å². The lowest BCUT2D eigenvalue weighted by Crippen LogP contribution is -2.23. The quantitative estimate of drug-likeness (QED) is 0.844. The number of nitrogens with one attached hydrogen (secondary N) is 1. The number of benzene rings is 2. The first-order chi connectivity index (χ1) is 10.1. The summed E-state index contributed by atoms with van der Waals surface area (Å²) in [7, 11) is 1.98.